The minimum Gasteiger partial charge on any atom is -0.460 e. The molecule has 2 aromatic rings. The molecule has 0 radical (unpaired) electrons. The van der Waals surface area contributed by atoms with E-state index in [1.165, 1.54) is 0 Å². The number of hydrogen-bond acceptors (Lipinski definition) is 4. The number of hydrogen-bond donors (Lipinski definition) is 1. The van der Waals surface area contributed by atoms with Gasteiger partial charge in [-0.15, -0.1) is 0 Å². The summed E-state index contributed by atoms with van der Waals surface area (Å²) in [5.41, 5.74) is 7.60. The molecular weight excluding hydrogens is 300 g/mol. The summed E-state index contributed by atoms with van der Waals surface area (Å²) >= 11 is 0. The standard InChI is InChI=1S/C20H26N2O2/c1-19(2,3)24-18(23)20(4,5)13-14-9-11-15(12-10-14)16-7-6-8-17(21)22-16/h6-12H,13H2,1-5H3,(H2,21,22). The van der Waals surface area contributed by atoms with Crippen LogP contribution in [0.5, 0.6) is 0 Å². The van der Waals surface area contributed by atoms with Crippen LogP contribution in [-0.2, 0) is 16.0 Å². The van der Waals surface area contributed by atoms with E-state index in [1.807, 2.05) is 71.0 Å². The Bertz CT molecular complexity index is 713. The maximum Gasteiger partial charge on any atom is 0.312 e. The van der Waals surface area contributed by atoms with Gasteiger partial charge in [0.1, 0.15) is 11.4 Å². The van der Waals surface area contributed by atoms with Gasteiger partial charge in [-0.1, -0.05) is 30.3 Å². The maximum atomic E-state index is 12.4. The molecule has 24 heavy (non-hydrogen) atoms. The minimum absolute atomic E-state index is 0.184. The molecule has 0 unspecified atom stereocenters. The molecular formula is C20H26N2O2. The molecule has 0 spiro atoms. The Balaban J connectivity index is 2.12. The lowest BCUT2D eigenvalue weighted by Gasteiger charge is -2.28. The first-order valence-electron chi connectivity index (χ1n) is 8.12. The van der Waals surface area contributed by atoms with Crippen LogP contribution in [0.25, 0.3) is 11.3 Å². The summed E-state index contributed by atoms with van der Waals surface area (Å²) < 4.78 is 5.52. The van der Waals surface area contributed by atoms with Crippen LogP contribution in [-0.4, -0.2) is 16.6 Å². The van der Waals surface area contributed by atoms with Gasteiger partial charge in [0.05, 0.1) is 11.1 Å². The van der Waals surface area contributed by atoms with Gasteiger partial charge < -0.3 is 10.5 Å². The highest BCUT2D eigenvalue weighted by atomic mass is 16.6. The third-order valence-electron chi connectivity index (χ3n) is 3.62. The van der Waals surface area contributed by atoms with Gasteiger partial charge in [0, 0.05) is 5.56 Å². The predicted molar refractivity (Wildman–Crippen MR) is 97.4 cm³/mol. The smallest absolute Gasteiger partial charge is 0.312 e. The average Bonchev–Trinajstić information content (AvgIpc) is 2.46. The molecule has 1 aromatic carbocycles. The van der Waals surface area contributed by atoms with E-state index >= 15 is 0 Å². The number of nitrogens with two attached hydrogens (primary N) is 1. The van der Waals surface area contributed by atoms with Crippen LogP contribution in [0.1, 0.15) is 40.2 Å². The zero-order chi connectivity index (χ0) is 18.0. The van der Waals surface area contributed by atoms with Crippen molar-refractivity contribution >= 4 is 11.8 Å². The molecule has 4 heteroatoms. The molecule has 0 saturated heterocycles. The summed E-state index contributed by atoms with van der Waals surface area (Å²) in [6.45, 7) is 9.47. The molecule has 0 bridgehead atoms. The Morgan fingerprint density at radius 1 is 1.04 bits per heavy atom. The highest BCUT2D eigenvalue weighted by molar-refractivity contribution is 5.76. The topological polar surface area (TPSA) is 65.2 Å². The van der Waals surface area contributed by atoms with Gasteiger partial charge in [0.25, 0.3) is 0 Å². The van der Waals surface area contributed by atoms with E-state index in [-0.39, 0.29) is 5.97 Å². The molecule has 1 heterocycles. The Hall–Kier alpha value is -2.36. The number of nitrogens with zero attached hydrogens (tertiary/aromatic N) is 1. The second kappa shape index (κ2) is 6.63. The predicted octanol–water partition coefficient (Wildman–Crippen LogP) is 4.24. The highest BCUT2D eigenvalue weighted by Gasteiger charge is 2.32. The summed E-state index contributed by atoms with van der Waals surface area (Å²) in [6, 6.07) is 13.6. The summed E-state index contributed by atoms with van der Waals surface area (Å²) in [7, 11) is 0. The van der Waals surface area contributed by atoms with Crippen LogP contribution in [0.2, 0.25) is 0 Å². The summed E-state index contributed by atoms with van der Waals surface area (Å²) in [5.74, 6) is 0.319. The number of rotatable bonds is 4. The zero-order valence-electron chi connectivity index (χ0n) is 15.1. The van der Waals surface area contributed by atoms with E-state index in [1.54, 1.807) is 6.07 Å². The van der Waals surface area contributed by atoms with Crippen molar-refractivity contribution in [1.82, 2.24) is 4.98 Å². The summed E-state index contributed by atoms with van der Waals surface area (Å²) in [6.07, 6.45) is 0.618. The first kappa shape index (κ1) is 18.0. The number of carbonyl (C=O) groups excluding carboxylic acids is 1. The Kier molecular flexibility index (Phi) is 4.97. The second-order valence-electron chi connectivity index (χ2n) is 7.71. The SMILES string of the molecule is CC(C)(C)OC(=O)C(C)(C)Cc1ccc(-c2cccc(N)n2)cc1. The van der Waals surface area contributed by atoms with Crippen molar-refractivity contribution in [2.75, 3.05) is 5.73 Å². The summed E-state index contributed by atoms with van der Waals surface area (Å²) in [5, 5.41) is 0. The number of benzene rings is 1. The van der Waals surface area contributed by atoms with Crippen LogP contribution in [0, 0.1) is 5.41 Å². The Labute approximate surface area is 144 Å². The normalized spacial score (nSPS) is 12.0. The number of pyridine rings is 1. The molecule has 0 aliphatic heterocycles. The molecule has 0 atom stereocenters. The van der Waals surface area contributed by atoms with E-state index in [4.69, 9.17) is 10.5 Å². The number of esters is 1. The number of ether oxygens (including phenoxy) is 1. The number of nitrogen functional groups attached to an aromatic ring is 1. The molecule has 0 aliphatic carbocycles. The average molecular weight is 326 g/mol. The minimum atomic E-state index is -0.579. The fourth-order valence-corrected chi connectivity index (χ4v) is 2.40. The van der Waals surface area contributed by atoms with Crippen molar-refractivity contribution in [2.24, 2.45) is 5.41 Å². The van der Waals surface area contributed by atoms with Gasteiger partial charge in [-0.3, -0.25) is 4.79 Å². The molecule has 0 fully saturated rings. The lowest BCUT2D eigenvalue weighted by atomic mass is 9.85. The monoisotopic (exact) mass is 326 g/mol. The maximum absolute atomic E-state index is 12.4. The molecule has 2 rings (SSSR count). The summed E-state index contributed by atoms with van der Waals surface area (Å²) in [4.78, 5) is 16.7. The van der Waals surface area contributed by atoms with E-state index in [0.29, 0.717) is 12.2 Å². The van der Waals surface area contributed by atoms with Crippen LogP contribution in [0.15, 0.2) is 42.5 Å². The molecule has 128 valence electrons. The molecule has 0 aliphatic rings. The highest BCUT2D eigenvalue weighted by Crippen LogP contribution is 2.27. The number of carbonyl (C=O) groups is 1. The van der Waals surface area contributed by atoms with Crippen LogP contribution in [0.4, 0.5) is 5.82 Å². The molecule has 4 nitrogen and oxygen atoms in total. The van der Waals surface area contributed by atoms with Crippen molar-refractivity contribution in [3.8, 4) is 11.3 Å². The van der Waals surface area contributed by atoms with Crippen molar-refractivity contribution in [3.05, 3.63) is 48.0 Å². The largest absolute Gasteiger partial charge is 0.460 e. The third kappa shape index (κ3) is 4.82. The Morgan fingerprint density at radius 3 is 2.21 bits per heavy atom. The van der Waals surface area contributed by atoms with Gasteiger partial charge in [-0.05, 0) is 58.7 Å². The molecule has 0 amide bonds. The second-order valence-corrected chi connectivity index (χ2v) is 7.71. The molecule has 0 saturated carbocycles. The van der Waals surface area contributed by atoms with Crippen molar-refractivity contribution in [2.45, 2.75) is 46.6 Å². The lowest BCUT2D eigenvalue weighted by Crippen LogP contribution is -2.35. The third-order valence-corrected chi connectivity index (χ3v) is 3.62. The molecule has 1 aromatic heterocycles. The van der Waals surface area contributed by atoms with Crippen molar-refractivity contribution < 1.29 is 9.53 Å². The Morgan fingerprint density at radius 2 is 1.67 bits per heavy atom. The first-order chi connectivity index (χ1) is 11.1. The first-order valence-corrected chi connectivity index (χ1v) is 8.12. The van der Waals surface area contributed by atoms with E-state index in [9.17, 15) is 4.79 Å². The number of aromatic nitrogens is 1. The van der Waals surface area contributed by atoms with Crippen LogP contribution >= 0.6 is 0 Å². The van der Waals surface area contributed by atoms with Crippen LogP contribution < -0.4 is 5.73 Å². The van der Waals surface area contributed by atoms with Gasteiger partial charge in [-0.25, -0.2) is 4.98 Å². The fraction of sp³-hybridized carbons (Fsp3) is 0.400. The zero-order valence-corrected chi connectivity index (χ0v) is 15.1. The van der Waals surface area contributed by atoms with Crippen molar-refractivity contribution in [3.63, 3.8) is 0 Å². The van der Waals surface area contributed by atoms with E-state index in [2.05, 4.69) is 4.98 Å². The van der Waals surface area contributed by atoms with Gasteiger partial charge >= 0.3 is 5.97 Å². The van der Waals surface area contributed by atoms with Gasteiger partial charge in [-0.2, -0.15) is 0 Å². The molecule has 2 N–H and O–H groups in total. The van der Waals surface area contributed by atoms with Gasteiger partial charge in [0.15, 0.2) is 0 Å². The fourth-order valence-electron chi connectivity index (χ4n) is 2.40. The van der Waals surface area contributed by atoms with Gasteiger partial charge in [0.2, 0.25) is 0 Å². The van der Waals surface area contributed by atoms with Crippen molar-refractivity contribution in [1.29, 1.82) is 0 Å². The lowest BCUT2D eigenvalue weighted by molar-refractivity contribution is -0.165. The van der Waals surface area contributed by atoms with E-state index in [0.717, 1.165) is 16.8 Å². The van der Waals surface area contributed by atoms with Crippen LogP contribution in [0.3, 0.4) is 0 Å². The van der Waals surface area contributed by atoms with E-state index < -0.39 is 11.0 Å². The quantitative estimate of drug-likeness (QED) is 0.853. The number of anilines is 1.